The summed E-state index contributed by atoms with van der Waals surface area (Å²) in [7, 11) is 0. The Labute approximate surface area is 322 Å². The molecule has 2 fully saturated rings. The first-order chi connectivity index (χ1) is 26.2. The number of carbonyl (C=O) groups excluding carboxylic acids is 2. The van der Waals surface area contributed by atoms with Crippen molar-refractivity contribution in [2.45, 2.75) is 88.5 Å². The van der Waals surface area contributed by atoms with Gasteiger partial charge in [0.1, 0.15) is 0 Å². The van der Waals surface area contributed by atoms with Gasteiger partial charge >= 0.3 is 0 Å². The quantitative estimate of drug-likeness (QED) is 0.0609. The first-order valence-corrected chi connectivity index (χ1v) is 19.3. The van der Waals surface area contributed by atoms with Gasteiger partial charge in [0.15, 0.2) is 6.29 Å². The third-order valence-corrected chi connectivity index (χ3v) is 10.7. The van der Waals surface area contributed by atoms with Crippen LogP contribution < -0.4 is 16.4 Å². The van der Waals surface area contributed by atoms with Gasteiger partial charge in [-0.25, -0.2) is 0 Å². The molecule has 2 saturated heterocycles. The van der Waals surface area contributed by atoms with Gasteiger partial charge in [-0.15, -0.1) is 0 Å². The maximum atomic E-state index is 12.7. The lowest BCUT2D eigenvalue weighted by molar-refractivity contribution is -0.253. The summed E-state index contributed by atoms with van der Waals surface area (Å²) < 4.78 is 13.1. The van der Waals surface area contributed by atoms with Crippen LogP contribution in [0, 0.1) is 0 Å². The van der Waals surface area contributed by atoms with Crippen LogP contribution in [0.4, 0.5) is 17.1 Å². The fraction of sp³-hybridized carbons (Fsp3) is 0.395. The minimum atomic E-state index is -0.882. The van der Waals surface area contributed by atoms with E-state index in [-0.39, 0.29) is 30.6 Å². The average Bonchev–Trinajstić information content (AvgIpc) is 3.18. The number of para-hydroxylation sites is 2. The summed E-state index contributed by atoms with van der Waals surface area (Å²) in [4.78, 5) is 27.3. The molecule has 0 spiro atoms. The number of rotatable bonds is 15. The Morgan fingerprint density at radius 1 is 0.796 bits per heavy atom. The molecule has 0 unspecified atom stereocenters. The van der Waals surface area contributed by atoms with Crippen molar-refractivity contribution in [2.24, 2.45) is 0 Å². The number of aliphatic hydroxyl groups excluding tert-OH is 1. The number of piperidine rings is 1. The molecule has 2 aliphatic heterocycles. The Balaban J connectivity index is 0.985. The van der Waals surface area contributed by atoms with E-state index in [9.17, 15) is 19.8 Å². The molecular weight excluding hydrogens is 704 g/mol. The maximum Gasteiger partial charge on any atom is 0.224 e. The van der Waals surface area contributed by atoms with Crippen LogP contribution in [0.25, 0.3) is 0 Å². The molecule has 286 valence electrons. The minimum Gasteiger partial charge on any atom is -0.397 e. The summed E-state index contributed by atoms with van der Waals surface area (Å²) in [6.45, 7) is 2.14. The van der Waals surface area contributed by atoms with Gasteiger partial charge in [0.05, 0.1) is 35.8 Å². The average molecular weight is 755 g/mol. The summed E-state index contributed by atoms with van der Waals surface area (Å²) in [6, 6.07) is 30.1. The number of unbranched alkanes of at least 4 members (excludes halogenated alkanes) is 3. The topological polar surface area (TPSA) is 146 Å². The van der Waals surface area contributed by atoms with Crippen molar-refractivity contribution in [2.75, 3.05) is 36.0 Å². The van der Waals surface area contributed by atoms with Crippen LogP contribution in [0.2, 0.25) is 5.02 Å². The number of benzene rings is 4. The van der Waals surface area contributed by atoms with Crippen molar-refractivity contribution in [3.05, 3.63) is 124 Å². The number of ether oxygens (including phenoxy) is 2. The number of nitrogens with two attached hydrogens (primary N) is 1. The molecule has 10 nitrogen and oxygen atoms in total. The Morgan fingerprint density at radius 3 is 2.07 bits per heavy atom. The van der Waals surface area contributed by atoms with E-state index in [0.29, 0.717) is 60.7 Å². The second kappa shape index (κ2) is 18.8. The van der Waals surface area contributed by atoms with Crippen molar-refractivity contribution in [3.8, 4) is 0 Å². The van der Waals surface area contributed by atoms with Crippen LogP contribution in [-0.2, 0) is 31.3 Å². The number of nitrogen functional groups attached to an aromatic ring is 1. The summed E-state index contributed by atoms with van der Waals surface area (Å²) in [5, 5.41) is 27.5. The predicted molar refractivity (Wildman–Crippen MR) is 212 cm³/mol. The smallest absolute Gasteiger partial charge is 0.224 e. The second-order valence-electron chi connectivity index (χ2n) is 14.4. The number of halogens is 1. The number of aliphatic hydroxyl groups is 2. The third kappa shape index (κ3) is 10.9. The fourth-order valence-corrected chi connectivity index (χ4v) is 7.30. The molecule has 0 aromatic heterocycles. The standard InChI is InChI=1S/C43H51ClN4O6/c44-34-19-17-33(18-20-34)43(52)23-25-48(26-24-43)28-36-27-39(31-13-11-30(29-49)12-14-31)54-42(53-36)32-15-21-35(22-16-32)46-40(50)9-3-1-2-4-10-41(51)47-38-8-6-5-7-37(38)45/h5-8,11-22,36,39,42,49,52H,1-4,9-10,23-29,45H2,(H,46,50)(H,47,51)/t36-,39+,42+/m0/s1. The van der Waals surface area contributed by atoms with Gasteiger partial charge in [-0.05, 0) is 78.8 Å². The maximum absolute atomic E-state index is 12.7. The number of likely N-dealkylation sites (tertiary alicyclic amines) is 1. The Kier molecular flexibility index (Phi) is 13.7. The van der Waals surface area contributed by atoms with Crippen molar-refractivity contribution >= 4 is 40.5 Å². The molecule has 0 bridgehead atoms. The van der Waals surface area contributed by atoms with Gasteiger partial charge in [-0.2, -0.15) is 0 Å². The first kappa shape index (κ1) is 39.4. The SMILES string of the molecule is Nc1ccccc1NC(=O)CCCCCCC(=O)Nc1ccc([C@@H]2O[C@H](CN3CCC(O)(c4ccc(Cl)cc4)CC3)C[C@H](c3ccc(CO)cc3)O2)cc1. The van der Waals surface area contributed by atoms with Crippen molar-refractivity contribution in [1.29, 1.82) is 0 Å². The monoisotopic (exact) mass is 754 g/mol. The molecule has 11 heteroatoms. The summed E-state index contributed by atoms with van der Waals surface area (Å²) in [5.74, 6) is -0.117. The second-order valence-corrected chi connectivity index (χ2v) is 14.8. The molecule has 6 rings (SSSR count). The number of anilines is 3. The Hall–Kier alpha value is -4.29. The van der Waals surface area contributed by atoms with E-state index in [2.05, 4.69) is 15.5 Å². The zero-order valence-electron chi connectivity index (χ0n) is 30.6. The van der Waals surface area contributed by atoms with E-state index in [1.807, 2.05) is 84.9 Å². The zero-order valence-corrected chi connectivity index (χ0v) is 31.3. The van der Waals surface area contributed by atoms with Crippen molar-refractivity contribution < 1.29 is 29.3 Å². The highest BCUT2D eigenvalue weighted by molar-refractivity contribution is 6.30. The van der Waals surface area contributed by atoms with Gasteiger partial charge in [-0.1, -0.05) is 85.1 Å². The van der Waals surface area contributed by atoms with Crippen LogP contribution in [0.1, 0.15) is 92.4 Å². The largest absolute Gasteiger partial charge is 0.397 e. The number of nitrogens with one attached hydrogen (secondary N) is 2. The van der Waals surface area contributed by atoms with E-state index in [4.69, 9.17) is 26.8 Å². The highest BCUT2D eigenvalue weighted by Crippen LogP contribution is 2.40. The van der Waals surface area contributed by atoms with E-state index in [0.717, 1.165) is 61.0 Å². The number of amides is 2. The van der Waals surface area contributed by atoms with Gasteiger partial charge in [0.25, 0.3) is 0 Å². The predicted octanol–water partition coefficient (Wildman–Crippen LogP) is 7.86. The molecule has 4 aromatic rings. The van der Waals surface area contributed by atoms with Crippen molar-refractivity contribution in [3.63, 3.8) is 0 Å². The summed E-state index contributed by atoms with van der Waals surface area (Å²) in [6.07, 6.45) is 4.95. The van der Waals surface area contributed by atoms with Crippen LogP contribution in [-0.4, -0.2) is 52.7 Å². The molecule has 2 heterocycles. The molecule has 0 aliphatic carbocycles. The minimum absolute atomic E-state index is 0.0212. The molecule has 6 N–H and O–H groups in total. The number of carbonyl (C=O) groups is 2. The lowest BCUT2D eigenvalue weighted by Crippen LogP contribution is -2.46. The van der Waals surface area contributed by atoms with Gasteiger partial charge < -0.3 is 41.0 Å². The molecule has 0 saturated carbocycles. The van der Waals surface area contributed by atoms with Crippen LogP contribution in [0.3, 0.4) is 0 Å². The molecular formula is C43H51ClN4O6. The molecule has 2 aliphatic rings. The molecule has 0 radical (unpaired) electrons. The summed E-state index contributed by atoms with van der Waals surface area (Å²) >= 11 is 6.08. The van der Waals surface area contributed by atoms with Crippen molar-refractivity contribution in [1.82, 2.24) is 4.90 Å². The first-order valence-electron chi connectivity index (χ1n) is 18.9. The Morgan fingerprint density at radius 2 is 1.43 bits per heavy atom. The van der Waals surface area contributed by atoms with Crippen LogP contribution >= 0.6 is 11.6 Å². The van der Waals surface area contributed by atoms with E-state index in [1.54, 1.807) is 12.1 Å². The number of nitrogens with zero attached hydrogens (tertiary/aromatic N) is 1. The van der Waals surface area contributed by atoms with Gasteiger partial charge in [-0.3, -0.25) is 9.59 Å². The van der Waals surface area contributed by atoms with Crippen LogP contribution in [0.15, 0.2) is 97.1 Å². The van der Waals surface area contributed by atoms with E-state index >= 15 is 0 Å². The number of hydrogen-bond donors (Lipinski definition) is 5. The fourth-order valence-electron chi connectivity index (χ4n) is 7.17. The Bertz CT molecular complexity index is 1810. The molecule has 3 atom stereocenters. The molecule has 54 heavy (non-hydrogen) atoms. The van der Waals surface area contributed by atoms with Crippen LogP contribution in [0.5, 0.6) is 0 Å². The lowest BCUT2D eigenvalue weighted by Gasteiger charge is -2.42. The highest BCUT2D eigenvalue weighted by Gasteiger charge is 2.37. The molecule has 2 amide bonds. The van der Waals surface area contributed by atoms with E-state index < -0.39 is 11.9 Å². The highest BCUT2D eigenvalue weighted by atomic mass is 35.5. The van der Waals surface area contributed by atoms with E-state index in [1.165, 1.54) is 0 Å². The van der Waals surface area contributed by atoms with Gasteiger partial charge in [0, 0.05) is 55.2 Å². The lowest BCUT2D eigenvalue weighted by atomic mass is 9.84. The normalized spacial score (nSPS) is 19.9. The third-order valence-electron chi connectivity index (χ3n) is 10.4. The molecule has 4 aromatic carbocycles. The zero-order chi connectivity index (χ0) is 37.9. The van der Waals surface area contributed by atoms with Gasteiger partial charge in [0.2, 0.25) is 11.8 Å². The number of hydrogen-bond acceptors (Lipinski definition) is 8. The summed E-state index contributed by atoms with van der Waals surface area (Å²) in [5.41, 5.74) is 10.5.